The molecule has 144 valence electrons. The van der Waals surface area contributed by atoms with Crippen molar-refractivity contribution in [3.63, 3.8) is 0 Å². The fourth-order valence-corrected chi connectivity index (χ4v) is 3.57. The zero-order valence-corrected chi connectivity index (χ0v) is 15.8. The Morgan fingerprint density at radius 3 is 2.66 bits per heavy atom. The molecule has 2 aromatic carbocycles. The molecule has 10 heteroatoms. The number of thiazole rings is 1. The Kier molecular flexibility index (Phi) is 4.61. The van der Waals surface area contributed by atoms with Crippen LogP contribution >= 0.6 is 11.3 Å². The van der Waals surface area contributed by atoms with Gasteiger partial charge in [-0.25, -0.2) is 0 Å². The molecule has 0 bridgehead atoms. The molecule has 0 aliphatic rings. The predicted octanol–water partition coefficient (Wildman–Crippen LogP) is 2.20. The van der Waals surface area contributed by atoms with Gasteiger partial charge in [-0.3, -0.25) is 19.7 Å². The summed E-state index contributed by atoms with van der Waals surface area (Å²) < 4.78 is 6.59. The number of esters is 1. The first-order valence-corrected chi connectivity index (χ1v) is 9.17. The number of non-ortho nitro benzene ring substituents is 1. The van der Waals surface area contributed by atoms with E-state index in [0.29, 0.717) is 20.8 Å². The van der Waals surface area contributed by atoms with Crippen LogP contribution in [-0.2, 0) is 4.79 Å². The average Bonchev–Trinajstić information content (AvgIpc) is 3.23. The molecule has 0 radical (unpaired) electrons. The van der Waals surface area contributed by atoms with Crippen LogP contribution in [0.2, 0.25) is 0 Å². The van der Waals surface area contributed by atoms with E-state index in [1.165, 1.54) is 23.6 Å². The van der Waals surface area contributed by atoms with E-state index in [1.807, 2.05) is 0 Å². The molecule has 9 nitrogen and oxygen atoms in total. The van der Waals surface area contributed by atoms with Gasteiger partial charge in [-0.15, -0.1) is 5.10 Å². The maximum Gasteiger partial charge on any atom is 0.308 e. The highest BCUT2D eigenvalue weighted by Gasteiger charge is 2.14. The number of rotatable bonds is 4. The number of fused-ring (bicyclic) bond motifs is 1. The summed E-state index contributed by atoms with van der Waals surface area (Å²) in [6, 6.07) is 12.6. The number of aromatic nitrogens is 3. The van der Waals surface area contributed by atoms with Crippen LogP contribution in [0.25, 0.3) is 22.4 Å². The van der Waals surface area contributed by atoms with E-state index < -0.39 is 10.9 Å². The molecular formula is C19H12N4O5S. The molecule has 0 aliphatic heterocycles. The number of hydrogen-bond acceptors (Lipinski definition) is 8. The Bertz CT molecular complexity index is 1360. The van der Waals surface area contributed by atoms with Gasteiger partial charge in [-0.05, 0) is 23.8 Å². The largest absolute Gasteiger partial charge is 0.427 e. The van der Waals surface area contributed by atoms with Crippen LogP contribution in [0.3, 0.4) is 0 Å². The number of nitrogens with zero attached hydrogens (tertiary/aromatic N) is 4. The van der Waals surface area contributed by atoms with Gasteiger partial charge >= 0.3 is 5.97 Å². The highest BCUT2D eigenvalue weighted by atomic mass is 32.1. The minimum Gasteiger partial charge on any atom is -0.427 e. The summed E-state index contributed by atoms with van der Waals surface area (Å²) in [4.78, 5) is 38.7. The Morgan fingerprint density at radius 2 is 2.00 bits per heavy atom. The third kappa shape index (κ3) is 3.73. The van der Waals surface area contributed by atoms with E-state index >= 15 is 0 Å². The summed E-state index contributed by atoms with van der Waals surface area (Å²) in [7, 11) is 0. The number of nitro benzene ring substituents is 1. The predicted molar refractivity (Wildman–Crippen MR) is 106 cm³/mol. The van der Waals surface area contributed by atoms with Crippen LogP contribution < -0.4 is 14.8 Å². The minimum atomic E-state index is -0.499. The molecule has 0 spiro atoms. The molecule has 0 N–H and O–H groups in total. The molecule has 0 unspecified atom stereocenters. The lowest BCUT2D eigenvalue weighted by molar-refractivity contribution is -0.384. The lowest BCUT2D eigenvalue weighted by Crippen LogP contribution is -2.23. The van der Waals surface area contributed by atoms with Gasteiger partial charge < -0.3 is 4.74 Å². The van der Waals surface area contributed by atoms with Crippen molar-refractivity contribution in [1.29, 1.82) is 0 Å². The number of benzene rings is 2. The van der Waals surface area contributed by atoms with E-state index in [-0.39, 0.29) is 17.1 Å². The number of carbonyl (C=O) groups is 1. The first-order valence-electron chi connectivity index (χ1n) is 8.35. The van der Waals surface area contributed by atoms with Gasteiger partial charge in [0.05, 0.1) is 9.46 Å². The van der Waals surface area contributed by atoms with Crippen LogP contribution in [-0.4, -0.2) is 25.5 Å². The second-order valence-electron chi connectivity index (χ2n) is 6.02. The van der Waals surface area contributed by atoms with Crippen molar-refractivity contribution in [1.82, 2.24) is 14.6 Å². The topological polar surface area (TPSA) is 117 Å². The molecule has 4 aromatic rings. The Hall–Kier alpha value is -3.92. The molecule has 0 saturated heterocycles. The van der Waals surface area contributed by atoms with E-state index in [1.54, 1.807) is 42.5 Å². The lowest BCUT2D eigenvalue weighted by atomic mass is 10.2. The minimum absolute atomic E-state index is 0.0748. The van der Waals surface area contributed by atoms with Crippen LogP contribution in [0.4, 0.5) is 5.69 Å². The molecule has 29 heavy (non-hydrogen) atoms. The quantitative estimate of drug-likeness (QED) is 0.220. The van der Waals surface area contributed by atoms with E-state index in [4.69, 9.17) is 4.74 Å². The zero-order chi connectivity index (χ0) is 20.5. The highest BCUT2D eigenvalue weighted by molar-refractivity contribution is 7.15. The molecule has 2 aromatic heterocycles. The van der Waals surface area contributed by atoms with Gasteiger partial charge in [-0.2, -0.15) is 9.50 Å². The molecular weight excluding hydrogens is 396 g/mol. The van der Waals surface area contributed by atoms with Crippen molar-refractivity contribution in [2.75, 3.05) is 0 Å². The number of nitro groups is 1. The molecule has 4 rings (SSSR count). The second-order valence-corrected chi connectivity index (χ2v) is 7.02. The van der Waals surface area contributed by atoms with Crippen LogP contribution in [0.15, 0.2) is 53.3 Å². The van der Waals surface area contributed by atoms with Crippen molar-refractivity contribution in [2.24, 2.45) is 0 Å². The van der Waals surface area contributed by atoms with E-state index in [9.17, 15) is 19.7 Å². The van der Waals surface area contributed by atoms with Crippen LogP contribution in [0.5, 0.6) is 5.75 Å². The summed E-state index contributed by atoms with van der Waals surface area (Å²) in [6.07, 6.45) is 1.69. The van der Waals surface area contributed by atoms with Crippen molar-refractivity contribution >= 4 is 34.0 Å². The molecule has 2 heterocycles. The van der Waals surface area contributed by atoms with Crippen molar-refractivity contribution < 1.29 is 14.5 Å². The van der Waals surface area contributed by atoms with Crippen molar-refractivity contribution in [2.45, 2.75) is 6.92 Å². The average molecular weight is 408 g/mol. The second kappa shape index (κ2) is 7.24. The zero-order valence-electron chi connectivity index (χ0n) is 14.9. The fourth-order valence-electron chi connectivity index (χ4n) is 2.66. The highest BCUT2D eigenvalue weighted by Crippen LogP contribution is 2.21. The third-order valence-corrected chi connectivity index (χ3v) is 4.90. The first kappa shape index (κ1) is 18.4. The molecule has 0 atom stereocenters. The van der Waals surface area contributed by atoms with Crippen LogP contribution in [0, 0.1) is 10.1 Å². The normalized spacial score (nSPS) is 11.7. The monoisotopic (exact) mass is 408 g/mol. The Labute approximate surface area is 166 Å². The van der Waals surface area contributed by atoms with Crippen molar-refractivity contribution in [3.05, 3.63) is 79.1 Å². The van der Waals surface area contributed by atoms with Gasteiger partial charge in [0.2, 0.25) is 4.96 Å². The molecule has 0 amide bonds. The van der Waals surface area contributed by atoms with Gasteiger partial charge in [0, 0.05) is 24.6 Å². The summed E-state index contributed by atoms with van der Waals surface area (Å²) in [5.41, 5.74) is 0.801. The van der Waals surface area contributed by atoms with E-state index in [0.717, 1.165) is 16.9 Å². The van der Waals surface area contributed by atoms with Gasteiger partial charge in [0.1, 0.15) is 5.75 Å². The van der Waals surface area contributed by atoms with Gasteiger partial charge in [0.15, 0.2) is 5.82 Å². The first-order chi connectivity index (χ1) is 13.9. The van der Waals surface area contributed by atoms with Gasteiger partial charge in [0.25, 0.3) is 11.2 Å². The Balaban J connectivity index is 1.69. The van der Waals surface area contributed by atoms with E-state index in [2.05, 4.69) is 10.1 Å². The SMILES string of the molecule is CC(=O)Oc1ccc(/C=c2/sc3nc(-c4cccc([N+](=O)[O-])c4)nn3c2=O)cc1. The third-order valence-electron chi connectivity index (χ3n) is 3.94. The smallest absolute Gasteiger partial charge is 0.308 e. The van der Waals surface area contributed by atoms with Crippen LogP contribution in [0.1, 0.15) is 12.5 Å². The number of carbonyl (C=O) groups excluding carboxylic acids is 1. The molecule has 0 aliphatic carbocycles. The molecule has 0 saturated carbocycles. The fraction of sp³-hybridized carbons (Fsp3) is 0.0526. The van der Waals surface area contributed by atoms with Gasteiger partial charge in [-0.1, -0.05) is 35.6 Å². The summed E-state index contributed by atoms with van der Waals surface area (Å²) >= 11 is 1.16. The molecule has 0 fully saturated rings. The summed E-state index contributed by atoms with van der Waals surface area (Å²) in [5, 5.41) is 15.1. The number of hydrogen-bond donors (Lipinski definition) is 0. The van der Waals surface area contributed by atoms with Crippen molar-refractivity contribution in [3.8, 4) is 17.1 Å². The lowest BCUT2D eigenvalue weighted by Gasteiger charge is -2.00. The standard InChI is InChI=1S/C19H12N4O5S/c1-11(24)28-15-7-5-12(6-8-15)9-16-18(25)22-19(29-16)20-17(21-22)13-3-2-4-14(10-13)23(26)27/h2-10H,1H3/b16-9+. The number of ether oxygens (including phenoxy) is 1. The maximum absolute atomic E-state index is 12.6. The summed E-state index contributed by atoms with van der Waals surface area (Å²) in [5.74, 6) is 0.254. The summed E-state index contributed by atoms with van der Waals surface area (Å²) in [6.45, 7) is 1.32. The maximum atomic E-state index is 12.6. The Morgan fingerprint density at radius 1 is 1.24 bits per heavy atom.